The monoisotopic (exact) mass is 445 g/mol. The molecule has 0 spiro atoms. The highest BCUT2D eigenvalue weighted by Crippen LogP contribution is 2.39. The number of hydrogen-bond donors (Lipinski definition) is 2. The summed E-state index contributed by atoms with van der Waals surface area (Å²) >= 11 is 2.66. The number of aromatic amines is 1. The van der Waals surface area contributed by atoms with Crippen molar-refractivity contribution in [3.8, 4) is 10.7 Å². The van der Waals surface area contributed by atoms with Crippen molar-refractivity contribution < 1.29 is 13.5 Å². The van der Waals surface area contributed by atoms with Crippen LogP contribution >= 0.6 is 22.7 Å². The second kappa shape index (κ2) is 7.24. The first-order chi connectivity index (χ1) is 14.1. The molecular weight excluding hydrogens is 426 g/mol. The Balaban J connectivity index is 1.63. The maximum absolute atomic E-state index is 13.4. The molecule has 0 bridgehead atoms. The summed E-state index contributed by atoms with van der Waals surface area (Å²) < 4.78 is 28.7. The third-order valence-electron chi connectivity index (χ3n) is 5.00. The SMILES string of the molecule is O=S(=O)(c1cccs1)N(CC1CC1)c1cccc2cc(-c3ncc(CO)s3)[nH]c12. The van der Waals surface area contributed by atoms with Gasteiger partial charge in [-0.15, -0.1) is 22.7 Å². The average molecular weight is 446 g/mol. The predicted molar refractivity (Wildman–Crippen MR) is 117 cm³/mol. The number of rotatable bonds is 7. The van der Waals surface area contributed by atoms with Gasteiger partial charge < -0.3 is 10.1 Å². The number of sulfonamides is 1. The van der Waals surface area contributed by atoms with E-state index < -0.39 is 10.0 Å². The molecule has 1 aliphatic carbocycles. The molecule has 0 atom stereocenters. The van der Waals surface area contributed by atoms with E-state index in [4.69, 9.17) is 0 Å². The summed E-state index contributed by atoms with van der Waals surface area (Å²) in [5.41, 5.74) is 2.26. The van der Waals surface area contributed by atoms with Crippen molar-refractivity contribution in [3.05, 3.63) is 52.9 Å². The fourth-order valence-electron chi connectivity index (χ4n) is 3.35. The van der Waals surface area contributed by atoms with Crippen LogP contribution in [0.5, 0.6) is 0 Å². The standard InChI is InChI=1S/C20H19N3O3S3/c24-12-15-10-21-20(28-15)16-9-14-3-1-4-17(19(14)22-16)23(11-13-6-7-13)29(25,26)18-5-2-8-27-18/h1-5,8-10,13,22,24H,6-7,11-12H2. The van der Waals surface area contributed by atoms with Crippen LogP contribution < -0.4 is 4.31 Å². The number of benzene rings is 1. The van der Waals surface area contributed by atoms with Crippen molar-refractivity contribution in [2.45, 2.75) is 23.7 Å². The van der Waals surface area contributed by atoms with Crippen LogP contribution in [-0.4, -0.2) is 30.0 Å². The number of thiazole rings is 1. The van der Waals surface area contributed by atoms with E-state index in [1.165, 1.54) is 22.7 Å². The Hall–Kier alpha value is -2.20. The van der Waals surface area contributed by atoms with Crippen LogP contribution in [0.25, 0.3) is 21.6 Å². The molecule has 3 heterocycles. The Morgan fingerprint density at radius 3 is 2.79 bits per heavy atom. The zero-order chi connectivity index (χ0) is 20.0. The summed E-state index contributed by atoms with van der Waals surface area (Å²) in [5, 5.41) is 12.8. The number of para-hydroxylation sites is 1. The molecule has 0 unspecified atom stereocenters. The van der Waals surface area contributed by atoms with Crippen molar-refractivity contribution in [1.29, 1.82) is 0 Å². The van der Waals surface area contributed by atoms with Gasteiger partial charge in [0.1, 0.15) is 9.22 Å². The number of thiophene rings is 1. The maximum atomic E-state index is 13.4. The van der Waals surface area contributed by atoms with Crippen LogP contribution in [0.4, 0.5) is 5.69 Å². The van der Waals surface area contributed by atoms with E-state index in [0.717, 1.165) is 39.3 Å². The maximum Gasteiger partial charge on any atom is 0.273 e. The smallest absolute Gasteiger partial charge is 0.273 e. The number of anilines is 1. The van der Waals surface area contributed by atoms with Crippen LogP contribution in [0.2, 0.25) is 0 Å². The molecule has 29 heavy (non-hydrogen) atoms. The number of H-pyrrole nitrogens is 1. The zero-order valence-electron chi connectivity index (χ0n) is 15.4. The van der Waals surface area contributed by atoms with Gasteiger partial charge in [0.15, 0.2) is 0 Å². The van der Waals surface area contributed by atoms with E-state index in [2.05, 4.69) is 9.97 Å². The summed E-state index contributed by atoms with van der Waals surface area (Å²) in [4.78, 5) is 8.53. The van der Waals surface area contributed by atoms with E-state index in [0.29, 0.717) is 22.4 Å². The lowest BCUT2D eigenvalue weighted by atomic mass is 10.2. The molecule has 150 valence electrons. The first-order valence-corrected chi connectivity index (χ1v) is 12.4. The van der Waals surface area contributed by atoms with Gasteiger partial charge in [0.2, 0.25) is 0 Å². The van der Waals surface area contributed by atoms with Gasteiger partial charge in [-0.1, -0.05) is 18.2 Å². The Morgan fingerprint density at radius 1 is 1.24 bits per heavy atom. The molecule has 6 nitrogen and oxygen atoms in total. The van der Waals surface area contributed by atoms with Crippen molar-refractivity contribution >= 4 is 49.3 Å². The quantitative estimate of drug-likeness (QED) is 0.440. The van der Waals surface area contributed by atoms with Crippen molar-refractivity contribution in [2.24, 2.45) is 5.92 Å². The lowest BCUT2D eigenvalue weighted by Crippen LogP contribution is -2.32. The summed E-state index contributed by atoms with van der Waals surface area (Å²) in [5.74, 6) is 0.403. The molecule has 5 rings (SSSR count). The van der Waals surface area contributed by atoms with E-state index in [9.17, 15) is 13.5 Å². The Labute approximate surface area is 176 Å². The van der Waals surface area contributed by atoms with Gasteiger partial charge in [-0.2, -0.15) is 0 Å². The van der Waals surface area contributed by atoms with Crippen LogP contribution in [0, 0.1) is 5.92 Å². The fraction of sp³-hybridized carbons (Fsp3) is 0.250. The van der Waals surface area contributed by atoms with Gasteiger partial charge in [-0.25, -0.2) is 13.4 Å². The van der Waals surface area contributed by atoms with Crippen molar-refractivity contribution in [3.63, 3.8) is 0 Å². The minimum Gasteiger partial charge on any atom is -0.391 e. The molecule has 3 aromatic heterocycles. The third-order valence-corrected chi connectivity index (χ3v) is 9.17. The summed E-state index contributed by atoms with van der Waals surface area (Å²) in [7, 11) is -3.63. The minimum atomic E-state index is -3.63. The highest BCUT2D eigenvalue weighted by Gasteiger charge is 2.33. The molecule has 1 fully saturated rings. The van der Waals surface area contributed by atoms with Gasteiger partial charge in [0.05, 0.1) is 28.4 Å². The van der Waals surface area contributed by atoms with Gasteiger partial charge in [0.25, 0.3) is 10.0 Å². The highest BCUT2D eigenvalue weighted by molar-refractivity contribution is 7.94. The number of aliphatic hydroxyl groups excluding tert-OH is 1. The van der Waals surface area contributed by atoms with E-state index in [1.807, 2.05) is 24.3 Å². The Kier molecular flexibility index (Phi) is 4.70. The summed E-state index contributed by atoms with van der Waals surface area (Å²) in [6.45, 7) is 0.441. The van der Waals surface area contributed by atoms with E-state index in [-0.39, 0.29) is 6.61 Å². The molecule has 0 amide bonds. The number of hydrogen-bond acceptors (Lipinski definition) is 6. The predicted octanol–water partition coefficient (Wildman–Crippen LogP) is 4.45. The van der Waals surface area contributed by atoms with Gasteiger partial charge in [-0.05, 0) is 42.3 Å². The molecule has 0 aliphatic heterocycles. The lowest BCUT2D eigenvalue weighted by Gasteiger charge is -2.24. The Morgan fingerprint density at radius 2 is 2.10 bits per heavy atom. The zero-order valence-corrected chi connectivity index (χ0v) is 17.9. The molecule has 0 radical (unpaired) electrons. The molecule has 4 aromatic rings. The highest BCUT2D eigenvalue weighted by atomic mass is 32.2. The summed E-state index contributed by atoms with van der Waals surface area (Å²) in [6.07, 6.45) is 3.78. The molecule has 9 heteroatoms. The number of aliphatic hydroxyl groups is 1. The van der Waals surface area contributed by atoms with E-state index in [1.54, 1.807) is 28.0 Å². The number of fused-ring (bicyclic) bond motifs is 1. The average Bonchev–Trinajstić information content (AvgIpc) is 3.14. The lowest BCUT2D eigenvalue weighted by molar-refractivity contribution is 0.285. The number of nitrogens with zero attached hydrogens (tertiary/aromatic N) is 2. The van der Waals surface area contributed by atoms with Crippen LogP contribution in [-0.2, 0) is 16.6 Å². The summed E-state index contributed by atoms with van der Waals surface area (Å²) in [6, 6.07) is 11.1. The topological polar surface area (TPSA) is 86.3 Å². The van der Waals surface area contributed by atoms with Gasteiger partial charge >= 0.3 is 0 Å². The van der Waals surface area contributed by atoms with Crippen LogP contribution in [0.3, 0.4) is 0 Å². The first kappa shape index (κ1) is 18.8. The van der Waals surface area contributed by atoms with Gasteiger partial charge in [0, 0.05) is 18.1 Å². The number of nitrogens with one attached hydrogen (secondary N) is 1. The minimum absolute atomic E-state index is 0.0443. The van der Waals surface area contributed by atoms with Crippen LogP contribution in [0.15, 0.2) is 52.2 Å². The van der Waals surface area contributed by atoms with Crippen molar-refractivity contribution in [1.82, 2.24) is 9.97 Å². The Bertz CT molecular complexity index is 1250. The first-order valence-electron chi connectivity index (χ1n) is 9.30. The second-order valence-electron chi connectivity index (χ2n) is 7.13. The van der Waals surface area contributed by atoms with E-state index >= 15 is 0 Å². The fourth-order valence-corrected chi connectivity index (χ4v) is 6.75. The number of aromatic nitrogens is 2. The van der Waals surface area contributed by atoms with Crippen molar-refractivity contribution in [2.75, 3.05) is 10.8 Å². The largest absolute Gasteiger partial charge is 0.391 e. The molecule has 1 aromatic carbocycles. The molecule has 0 saturated heterocycles. The normalized spacial score (nSPS) is 14.5. The second-order valence-corrected chi connectivity index (χ2v) is 11.3. The molecule has 2 N–H and O–H groups in total. The molecule has 1 aliphatic rings. The third kappa shape index (κ3) is 3.48. The molecule has 1 saturated carbocycles. The van der Waals surface area contributed by atoms with Gasteiger partial charge in [-0.3, -0.25) is 4.31 Å². The molecular formula is C20H19N3O3S3. The van der Waals surface area contributed by atoms with Crippen LogP contribution in [0.1, 0.15) is 17.7 Å².